The molecule has 1 rings (SSSR count). The highest BCUT2D eigenvalue weighted by Crippen LogP contribution is 2.22. The van der Waals surface area contributed by atoms with Gasteiger partial charge >= 0.3 is 0 Å². The van der Waals surface area contributed by atoms with Crippen LogP contribution in [0.15, 0.2) is 0 Å². The van der Waals surface area contributed by atoms with E-state index in [0.717, 1.165) is 19.3 Å². The highest BCUT2D eigenvalue weighted by Gasteiger charge is 2.44. The molecule has 0 aliphatic carbocycles. The van der Waals surface area contributed by atoms with E-state index in [-0.39, 0.29) is 0 Å². The average molecular weight is 334 g/mol. The first kappa shape index (κ1) is 20.8. The van der Waals surface area contributed by atoms with Crippen LogP contribution in [0.25, 0.3) is 0 Å². The normalized spacial score (nSPS) is 31.4. The number of aliphatic hydroxyl groups is 4. The fourth-order valence-corrected chi connectivity index (χ4v) is 2.90. The predicted octanol–water partition coefficient (Wildman–Crippen LogP) is 1.33. The fraction of sp³-hybridized carbons (Fsp3) is 1.00. The van der Waals surface area contributed by atoms with Gasteiger partial charge < -0.3 is 29.9 Å². The molecule has 1 unspecified atom stereocenters. The molecule has 1 heterocycles. The van der Waals surface area contributed by atoms with Gasteiger partial charge in [0.1, 0.15) is 24.4 Å². The molecule has 0 aromatic heterocycles. The Morgan fingerprint density at radius 1 is 0.826 bits per heavy atom. The van der Waals surface area contributed by atoms with E-state index in [1.54, 1.807) is 0 Å². The molecule has 1 aliphatic rings. The van der Waals surface area contributed by atoms with E-state index in [4.69, 9.17) is 14.6 Å². The number of aliphatic hydroxyl groups excluding tert-OH is 4. The van der Waals surface area contributed by atoms with E-state index in [1.165, 1.54) is 38.5 Å². The largest absolute Gasteiger partial charge is 0.394 e. The average Bonchev–Trinajstić information content (AvgIpc) is 2.55. The Hall–Kier alpha value is -0.240. The predicted molar refractivity (Wildman–Crippen MR) is 86.9 cm³/mol. The van der Waals surface area contributed by atoms with Gasteiger partial charge in [-0.25, -0.2) is 0 Å². The lowest BCUT2D eigenvalue weighted by Crippen LogP contribution is -2.59. The van der Waals surface area contributed by atoms with E-state index < -0.39 is 37.3 Å². The summed E-state index contributed by atoms with van der Waals surface area (Å²) in [6.45, 7) is 2.20. The standard InChI is InChI=1S/C17H34O6/c1-2-3-4-5-6-7-8-9-10-11-22-16-14(19)13(12-18)23-17(21)15(16)20/h13-21H,2-12H2,1H3/t13-,14-,15-,16+,17?/m1/s1. The summed E-state index contributed by atoms with van der Waals surface area (Å²) in [7, 11) is 0. The zero-order valence-electron chi connectivity index (χ0n) is 14.3. The maximum Gasteiger partial charge on any atom is 0.184 e. The van der Waals surface area contributed by atoms with E-state index in [9.17, 15) is 15.3 Å². The molecule has 23 heavy (non-hydrogen) atoms. The SMILES string of the molecule is CCCCCCCCCCCO[C@H]1[C@H](O)[C@@H](CO)OC(O)[C@@H]1O. The first-order chi connectivity index (χ1) is 11.1. The van der Waals surface area contributed by atoms with E-state index in [2.05, 4.69) is 6.92 Å². The van der Waals surface area contributed by atoms with Crippen molar-refractivity contribution in [3.8, 4) is 0 Å². The maximum absolute atomic E-state index is 9.98. The van der Waals surface area contributed by atoms with Crippen LogP contribution in [-0.4, -0.2) is 64.3 Å². The third-order valence-electron chi connectivity index (χ3n) is 4.40. The van der Waals surface area contributed by atoms with Crippen LogP contribution in [0.2, 0.25) is 0 Å². The van der Waals surface area contributed by atoms with Gasteiger partial charge in [-0.05, 0) is 6.42 Å². The molecule has 1 aliphatic heterocycles. The monoisotopic (exact) mass is 334 g/mol. The first-order valence-corrected chi connectivity index (χ1v) is 9.04. The zero-order chi connectivity index (χ0) is 17.1. The number of hydrogen-bond donors (Lipinski definition) is 4. The zero-order valence-corrected chi connectivity index (χ0v) is 14.3. The minimum absolute atomic E-state index is 0.416. The molecule has 0 spiro atoms. The molecule has 4 N–H and O–H groups in total. The Morgan fingerprint density at radius 2 is 1.39 bits per heavy atom. The van der Waals surface area contributed by atoms with Gasteiger partial charge in [-0.15, -0.1) is 0 Å². The molecule has 0 saturated carbocycles. The number of hydrogen-bond acceptors (Lipinski definition) is 6. The van der Waals surface area contributed by atoms with Crippen LogP contribution >= 0.6 is 0 Å². The quantitative estimate of drug-likeness (QED) is 0.402. The van der Waals surface area contributed by atoms with Crippen molar-refractivity contribution in [3.05, 3.63) is 0 Å². The van der Waals surface area contributed by atoms with Crippen molar-refractivity contribution >= 4 is 0 Å². The maximum atomic E-state index is 9.98. The summed E-state index contributed by atoms with van der Waals surface area (Å²) < 4.78 is 10.4. The molecule has 1 fully saturated rings. The third-order valence-corrected chi connectivity index (χ3v) is 4.40. The number of rotatable bonds is 12. The van der Waals surface area contributed by atoms with Crippen molar-refractivity contribution in [2.45, 2.75) is 95.4 Å². The number of ether oxygens (including phenoxy) is 2. The fourth-order valence-electron chi connectivity index (χ4n) is 2.90. The molecule has 138 valence electrons. The first-order valence-electron chi connectivity index (χ1n) is 9.04. The smallest absolute Gasteiger partial charge is 0.184 e. The van der Waals surface area contributed by atoms with E-state index in [1.807, 2.05) is 0 Å². The second-order valence-electron chi connectivity index (χ2n) is 6.39. The lowest BCUT2D eigenvalue weighted by Gasteiger charge is -2.39. The van der Waals surface area contributed by atoms with Crippen LogP contribution in [-0.2, 0) is 9.47 Å². The number of unbranched alkanes of at least 4 members (excludes halogenated alkanes) is 8. The highest BCUT2D eigenvalue weighted by atomic mass is 16.6. The van der Waals surface area contributed by atoms with Crippen molar-refractivity contribution < 1.29 is 29.9 Å². The van der Waals surface area contributed by atoms with Crippen LogP contribution in [0.4, 0.5) is 0 Å². The summed E-state index contributed by atoms with van der Waals surface area (Å²) in [6, 6.07) is 0. The second-order valence-corrected chi connectivity index (χ2v) is 6.39. The van der Waals surface area contributed by atoms with Crippen molar-refractivity contribution in [1.82, 2.24) is 0 Å². The Balaban J connectivity index is 2.09. The Kier molecular flexibility index (Phi) is 11.0. The molecule has 0 aromatic carbocycles. The van der Waals surface area contributed by atoms with Gasteiger partial charge in [0.2, 0.25) is 0 Å². The highest BCUT2D eigenvalue weighted by molar-refractivity contribution is 4.89. The summed E-state index contributed by atoms with van der Waals surface area (Å²) in [5, 5.41) is 38.5. The summed E-state index contributed by atoms with van der Waals surface area (Å²) in [5.74, 6) is 0. The van der Waals surface area contributed by atoms with Gasteiger partial charge in [-0.2, -0.15) is 0 Å². The molecule has 0 amide bonds. The van der Waals surface area contributed by atoms with Crippen molar-refractivity contribution in [3.63, 3.8) is 0 Å². The van der Waals surface area contributed by atoms with Crippen molar-refractivity contribution in [1.29, 1.82) is 0 Å². The molecule has 0 bridgehead atoms. The van der Waals surface area contributed by atoms with Crippen LogP contribution in [0.3, 0.4) is 0 Å². The molecule has 0 aromatic rings. The molecule has 0 radical (unpaired) electrons. The summed E-state index contributed by atoms with van der Waals surface area (Å²) in [6.07, 6.45) is 5.08. The van der Waals surface area contributed by atoms with Gasteiger partial charge in [0.05, 0.1) is 6.61 Å². The lowest BCUT2D eigenvalue weighted by molar-refractivity contribution is -0.294. The van der Waals surface area contributed by atoms with Crippen LogP contribution in [0, 0.1) is 0 Å². The minimum Gasteiger partial charge on any atom is -0.394 e. The van der Waals surface area contributed by atoms with Gasteiger partial charge in [0.25, 0.3) is 0 Å². The van der Waals surface area contributed by atoms with Crippen molar-refractivity contribution in [2.75, 3.05) is 13.2 Å². The summed E-state index contributed by atoms with van der Waals surface area (Å²) in [5.41, 5.74) is 0. The van der Waals surface area contributed by atoms with Crippen LogP contribution in [0.5, 0.6) is 0 Å². The van der Waals surface area contributed by atoms with E-state index in [0.29, 0.717) is 6.61 Å². The van der Waals surface area contributed by atoms with Gasteiger partial charge in [0, 0.05) is 6.61 Å². The third kappa shape index (κ3) is 7.45. The Morgan fingerprint density at radius 3 is 1.96 bits per heavy atom. The Bertz CT molecular complexity index is 288. The Labute approximate surface area is 139 Å². The molecular weight excluding hydrogens is 300 g/mol. The van der Waals surface area contributed by atoms with Crippen LogP contribution < -0.4 is 0 Å². The van der Waals surface area contributed by atoms with Crippen molar-refractivity contribution in [2.24, 2.45) is 0 Å². The molecule has 5 atom stereocenters. The lowest BCUT2D eigenvalue weighted by atomic mass is 9.99. The molecular formula is C17H34O6. The summed E-state index contributed by atoms with van der Waals surface area (Å²) in [4.78, 5) is 0. The molecule has 6 nitrogen and oxygen atoms in total. The molecule has 6 heteroatoms. The van der Waals surface area contributed by atoms with Gasteiger partial charge in [-0.1, -0.05) is 58.3 Å². The van der Waals surface area contributed by atoms with Gasteiger partial charge in [0.15, 0.2) is 6.29 Å². The van der Waals surface area contributed by atoms with Crippen LogP contribution in [0.1, 0.15) is 64.7 Å². The van der Waals surface area contributed by atoms with Gasteiger partial charge in [-0.3, -0.25) is 0 Å². The summed E-state index contributed by atoms with van der Waals surface area (Å²) >= 11 is 0. The molecule has 1 saturated heterocycles. The van der Waals surface area contributed by atoms with E-state index >= 15 is 0 Å². The topological polar surface area (TPSA) is 99.4 Å². The second kappa shape index (κ2) is 12.2. The minimum atomic E-state index is -1.44.